The Balaban J connectivity index is 3.31. The highest BCUT2D eigenvalue weighted by Gasteiger charge is 2.06. The van der Waals surface area contributed by atoms with Gasteiger partial charge in [-0.25, -0.2) is 8.78 Å². The average Bonchev–Trinajstić information content (AvgIpc) is 1.82. The molecule has 0 heterocycles. The lowest BCUT2D eigenvalue weighted by atomic mass is 10.3. The Morgan fingerprint density at radius 1 is 1.30 bits per heavy atom. The molecule has 0 N–H and O–H groups in total. The van der Waals surface area contributed by atoms with Crippen LogP contribution in [0, 0.1) is 11.6 Å². The van der Waals surface area contributed by atoms with Gasteiger partial charge in [0.2, 0.25) is 0 Å². The smallest absolute Gasteiger partial charge is 0.177 e. The summed E-state index contributed by atoms with van der Waals surface area (Å²) in [5.41, 5.74) is 0. The monoisotopic (exact) mass is 226 g/mol. The molecule has 0 unspecified atom stereocenters. The van der Waals surface area contributed by atoms with Crippen LogP contribution in [0.15, 0.2) is 16.6 Å². The van der Waals surface area contributed by atoms with Gasteiger partial charge in [0.25, 0.3) is 0 Å². The van der Waals surface area contributed by atoms with E-state index in [4.69, 9.17) is 11.6 Å². The molecule has 10 heavy (non-hydrogen) atoms. The van der Waals surface area contributed by atoms with Crippen LogP contribution < -0.4 is 0 Å². The van der Waals surface area contributed by atoms with E-state index >= 15 is 0 Å². The van der Waals surface area contributed by atoms with Crippen molar-refractivity contribution >= 4 is 27.5 Å². The molecule has 0 atom stereocenters. The lowest BCUT2D eigenvalue weighted by Crippen LogP contribution is -1.83. The maximum Gasteiger partial charge on any atom is 0.177 e. The highest BCUT2D eigenvalue weighted by atomic mass is 79.9. The molecule has 1 rings (SSSR count). The third-order valence-electron chi connectivity index (χ3n) is 0.949. The molecule has 0 saturated carbocycles. The quantitative estimate of drug-likeness (QED) is 0.471. The van der Waals surface area contributed by atoms with E-state index in [9.17, 15) is 8.78 Å². The molecular formula is C6H2BrClF2. The van der Waals surface area contributed by atoms with Crippen LogP contribution >= 0.6 is 27.5 Å². The average molecular weight is 227 g/mol. The van der Waals surface area contributed by atoms with Crippen LogP contribution in [-0.2, 0) is 0 Å². The molecule has 1 aromatic rings. The van der Waals surface area contributed by atoms with E-state index in [-0.39, 0.29) is 5.02 Å². The summed E-state index contributed by atoms with van der Waals surface area (Å²) in [7, 11) is 0. The molecule has 0 amide bonds. The zero-order chi connectivity index (χ0) is 7.72. The molecule has 0 aliphatic heterocycles. The molecule has 0 bridgehead atoms. The van der Waals surface area contributed by atoms with Crippen LogP contribution in [0.5, 0.6) is 0 Å². The first-order chi connectivity index (χ1) is 4.61. The first kappa shape index (κ1) is 7.95. The topological polar surface area (TPSA) is 0 Å². The maximum atomic E-state index is 12.4. The number of halogens is 4. The summed E-state index contributed by atoms with van der Waals surface area (Å²) in [6.45, 7) is 0. The summed E-state index contributed by atoms with van der Waals surface area (Å²) < 4.78 is 25.2. The van der Waals surface area contributed by atoms with Crippen molar-refractivity contribution in [3.63, 3.8) is 0 Å². The molecule has 0 saturated heterocycles. The molecule has 0 fully saturated rings. The Kier molecular flexibility index (Phi) is 2.26. The van der Waals surface area contributed by atoms with Gasteiger partial charge in [0, 0.05) is 4.47 Å². The first-order valence-electron chi connectivity index (χ1n) is 2.41. The van der Waals surface area contributed by atoms with E-state index < -0.39 is 11.6 Å². The van der Waals surface area contributed by atoms with Crippen molar-refractivity contribution in [2.45, 2.75) is 0 Å². The molecule has 1 aromatic carbocycles. The van der Waals surface area contributed by atoms with E-state index in [1.54, 1.807) is 0 Å². The van der Waals surface area contributed by atoms with Gasteiger partial charge in [-0.1, -0.05) is 27.5 Å². The highest BCUT2D eigenvalue weighted by molar-refractivity contribution is 9.10. The fraction of sp³-hybridized carbons (Fsp3) is 0. The Labute approximate surface area is 69.9 Å². The van der Waals surface area contributed by atoms with Crippen molar-refractivity contribution in [1.82, 2.24) is 0 Å². The van der Waals surface area contributed by atoms with Crippen molar-refractivity contribution in [3.8, 4) is 0 Å². The van der Waals surface area contributed by atoms with Gasteiger partial charge in [0.05, 0.1) is 5.02 Å². The third kappa shape index (κ3) is 1.47. The molecule has 0 spiro atoms. The van der Waals surface area contributed by atoms with Crippen LogP contribution in [0.4, 0.5) is 8.78 Å². The Bertz CT molecular complexity index is 239. The first-order valence-corrected chi connectivity index (χ1v) is 3.58. The highest BCUT2D eigenvalue weighted by Crippen LogP contribution is 2.22. The molecule has 0 aliphatic rings. The van der Waals surface area contributed by atoms with Crippen LogP contribution in [-0.4, -0.2) is 0 Å². The predicted octanol–water partition coefficient (Wildman–Crippen LogP) is 3.38. The lowest BCUT2D eigenvalue weighted by Gasteiger charge is -1.95. The van der Waals surface area contributed by atoms with Crippen molar-refractivity contribution in [3.05, 3.63) is 33.3 Å². The van der Waals surface area contributed by atoms with Gasteiger partial charge in [-0.15, -0.1) is 0 Å². The fourth-order valence-corrected chi connectivity index (χ4v) is 1.29. The van der Waals surface area contributed by atoms with Crippen molar-refractivity contribution in [2.24, 2.45) is 0 Å². The minimum atomic E-state index is -1.01. The number of benzene rings is 1. The second-order valence-electron chi connectivity index (χ2n) is 1.68. The van der Waals surface area contributed by atoms with Crippen LogP contribution in [0.1, 0.15) is 0 Å². The van der Waals surface area contributed by atoms with Crippen molar-refractivity contribution < 1.29 is 8.78 Å². The second kappa shape index (κ2) is 2.84. The molecule has 4 heteroatoms. The van der Waals surface area contributed by atoms with Gasteiger partial charge >= 0.3 is 0 Å². The van der Waals surface area contributed by atoms with Gasteiger partial charge < -0.3 is 0 Å². The van der Waals surface area contributed by atoms with E-state index in [0.717, 1.165) is 6.07 Å². The summed E-state index contributed by atoms with van der Waals surface area (Å²) in [4.78, 5) is 0. The van der Waals surface area contributed by atoms with Crippen molar-refractivity contribution in [1.29, 1.82) is 0 Å². The summed E-state index contributed by atoms with van der Waals surface area (Å²) in [5.74, 6) is -1.95. The normalized spacial score (nSPS) is 10.0. The Hall–Kier alpha value is -0.150. The number of hydrogen-bond donors (Lipinski definition) is 0. The van der Waals surface area contributed by atoms with Gasteiger partial charge in [-0.05, 0) is 12.1 Å². The van der Waals surface area contributed by atoms with Crippen LogP contribution in [0.25, 0.3) is 0 Å². The molecule has 54 valence electrons. The van der Waals surface area contributed by atoms with Gasteiger partial charge in [-0.3, -0.25) is 0 Å². The third-order valence-corrected chi connectivity index (χ3v) is 1.68. The Morgan fingerprint density at radius 2 is 1.90 bits per heavy atom. The fourth-order valence-electron chi connectivity index (χ4n) is 0.525. The zero-order valence-corrected chi connectivity index (χ0v) is 7.01. The van der Waals surface area contributed by atoms with E-state index in [0.29, 0.717) is 4.47 Å². The zero-order valence-electron chi connectivity index (χ0n) is 4.67. The standard InChI is InChI=1S/C6H2BrClF2/c7-3-1-4(8)6(10)5(9)2-3/h1-2H. The minimum Gasteiger partial charge on any atom is -0.204 e. The SMILES string of the molecule is Fc1cc(Br)cc(Cl)c1F. The van der Waals surface area contributed by atoms with Gasteiger partial charge in [0.15, 0.2) is 11.6 Å². The summed E-state index contributed by atoms with van der Waals surface area (Å²) in [5, 5.41) is -0.216. The molecule has 0 aliphatic carbocycles. The molecular weight excluding hydrogens is 225 g/mol. The van der Waals surface area contributed by atoms with Crippen LogP contribution in [0.3, 0.4) is 0 Å². The van der Waals surface area contributed by atoms with E-state index in [1.807, 2.05) is 0 Å². The minimum absolute atomic E-state index is 0.216. The molecule has 0 radical (unpaired) electrons. The van der Waals surface area contributed by atoms with E-state index in [1.165, 1.54) is 6.07 Å². The number of hydrogen-bond acceptors (Lipinski definition) is 0. The lowest BCUT2D eigenvalue weighted by molar-refractivity contribution is 0.508. The molecule has 0 aromatic heterocycles. The molecule has 0 nitrogen and oxygen atoms in total. The summed E-state index contributed by atoms with van der Waals surface area (Å²) in [6.07, 6.45) is 0. The summed E-state index contributed by atoms with van der Waals surface area (Å²) >= 11 is 8.23. The van der Waals surface area contributed by atoms with Crippen LogP contribution in [0.2, 0.25) is 5.02 Å². The predicted molar refractivity (Wildman–Crippen MR) is 39.1 cm³/mol. The number of rotatable bonds is 0. The largest absolute Gasteiger partial charge is 0.204 e. The van der Waals surface area contributed by atoms with E-state index in [2.05, 4.69) is 15.9 Å². The second-order valence-corrected chi connectivity index (χ2v) is 3.01. The van der Waals surface area contributed by atoms with Crippen molar-refractivity contribution in [2.75, 3.05) is 0 Å². The van der Waals surface area contributed by atoms with Gasteiger partial charge in [0.1, 0.15) is 0 Å². The Morgan fingerprint density at radius 3 is 2.40 bits per heavy atom. The maximum absolute atomic E-state index is 12.4. The summed E-state index contributed by atoms with van der Waals surface area (Å²) in [6, 6.07) is 2.31. The van der Waals surface area contributed by atoms with Gasteiger partial charge in [-0.2, -0.15) is 0 Å².